The Morgan fingerprint density at radius 3 is 2.43 bits per heavy atom. The van der Waals surface area contributed by atoms with Crippen molar-refractivity contribution in [1.29, 1.82) is 0 Å². The Labute approximate surface area is 138 Å². The third-order valence-electron chi connectivity index (χ3n) is 3.69. The molecule has 0 fully saturated rings. The van der Waals surface area contributed by atoms with Crippen LogP contribution in [0.1, 0.15) is 37.3 Å². The van der Waals surface area contributed by atoms with Crippen LogP contribution >= 0.6 is 22.6 Å². The van der Waals surface area contributed by atoms with Crippen LogP contribution < -0.4 is 5.32 Å². The van der Waals surface area contributed by atoms with Crippen molar-refractivity contribution in [3.8, 4) is 0 Å². The fraction of sp³-hybridized carbons (Fsp3) is 0.235. The number of hydrogen-bond donors (Lipinski definition) is 2. The van der Waals surface area contributed by atoms with Crippen LogP contribution in [0.15, 0.2) is 48.5 Å². The topological polar surface area (TPSA) is 40.7 Å². The van der Waals surface area contributed by atoms with Crippen LogP contribution in [0.25, 0.3) is 11.0 Å². The monoisotopic (exact) mass is 391 g/mol. The normalized spacial score (nSPS) is 14.2. The first-order valence-electron chi connectivity index (χ1n) is 7.09. The van der Waals surface area contributed by atoms with Crippen molar-refractivity contribution in [2.24, 2.45) is 0 Å². The molecular weight excluding hydrogens is 373 g/mol. The predicted octanol–water partition coefficient (Wildman–Crippen LogP) is 4.58. The first-order chi connectivity index (χ1) is 10.1. The SMILES string of the molecule is CC(NC(C)c1nc2ccccc2[nH]1)c1ccc(I)cc1. The molecule has 21 heavy (non-hydrogen) atoms. The second-order valence-electron chi connectivity index (χ2n) is 5.30. The molecule has 0 amide bonds. The lowest BCUT2D eigenvalue weighted by molar-refractivity contribution is 0.480. The zero-order valence-corrected chi connectivity index (χ0v) is 14.3. The minimum absolute atomic E-state index is 0.173. The lowest BCUT2D eigenvalue weighted by Crippen LogP contribution is -2.23. The number of benzene rings is 2. The van der Waals surface area contributed by atoms with Gasteiger partial charge in [0.1, 0.15) is 5.82 Å². The molecule has 1 aromatic heterocycles. The highest BCUT2D eigenvalue weighted by Gasteiger charge is 2.14. The van der Waals surface area contributed by atoms with Crippen LogP contribution in [-0.2, 0) is 0 Å². The summed E-state index contributed by atoms with van der Waals surface area (Å²) in [5.74, 6) is 0.980. The number of rotatable bonds is 4. The molecule has 0 aliphatic carbocycles. The van der Waals surface area contributed by atoms with E-state index in [1.165, 1.54) is 9.13 Å². The van der Waals surface area contributed by atoms with Gasteiger partial charge in [-0.3, -0.25) is 0 Å². The summed E-state index contributed by atoms with van der Waals surface area (Å²) in [5.41, 5.74) is 3.39. The van der Waals surface area contributed by atoms with E-state index >= 15 is 0 Å². The minimum Gasteiger partial charge on any atom is -0.341 e. The maximum absolute atomic E-state index is 4.65. The predicted molar refractivity (Wildman–Crippen MR) is 95.2 cm³/mol. The maximum atomic E-state index is 4.65. The van der Waals surface area contributed by atoms with E-state index in [4.69, 9.17) is 0 Å². The largest absolute Gasteiger partial charge is 0.341 e. The Kier molecular flexibility index (Phi) is 4.26. The molecule has 0 saturated carbocycles. The molecule has 3 nitrogen and oxygen atoms in total. The molecule has 0 bridgehead atoms. The second kappa shape index (κ2) is 6.15. The molecule has 0 radical (unpaired) electrons. The van der Waals surface area contributed by atoms with Gasteiger partial charge in [0.05, 0.1) is 17.1 Å². The van der Waals surface area contributed by atoms with Crippen molar-refractivity contribution in [3.05, 3.63) is 63.5 Å². The fourth-order valence-electron chi connectivity index (χ4n) is 2.48. The average molecular weight is 391 g/mol. The molecular formula is C17H18IN3. The molecule has 2 N–H and O–H groups in total. The molecule has 4 heteroatoms. The van der Waals surface area contributed by atoms with Crippen LogP contribution in [0.3, 0.4) is 0 Å². The number of para-hydroxylation sites is 2. The van der Waals surface area contributed by atoms with E-state index in [1.54, 1.807) is 0 Å². The molecule has 2 aromatic carbocycles. The third kappa shape index (κ3) is 3.27. The van der Waals surface area contributed by atoms with E-state index < -0.39 is 0 Å². The standard InChI is InChI=1S/C17H18IN3/c1-11(13-7-9-14(18)10-8-13)19-12(2)17-20-15-5-3-4-6-16(15)21-17/h3-12,19H,1-2H3,(H,20,21). The van der Waals surface area contributed by atoms with Gasteiger partial charge in [0.15, 0.2) is 0 Å². The summed E-state index contributed by atoms with van der Waals surface area (Å²) >= 11 is 2.33. The quantitative estimate of drug-likeness (QED) is 0.640. The van der Waals surface area contributed by atoms with E-state index in [1.807, 2.05) is 18.2 Å². The van der Waals surface area contributed by atoms with Gasteiger partial charge in [0.25, 0.3) is 0 Å². The lowest BCUT2D eigenvalue weighted by Gasteiger charge is -2.19. The maximum Gasteiger partial charge on any atom is 0.124 e. The van der Waals surface area contributed by atoms with Gasteiger partial charge in [-0.05, 0) is 66.3 Å². The summed E-state index contributed by atoms with van der Waals surface area (Å²) in [7, 11) is 0. The molecule has 3 aromatic rings. The number of nitrogens with zero attached hydrogens (tertiary/aromatic N) is 1. The number of aromatic nitrogens is 2. The van der Waals surface area contributed by atoms with Crippen molar-refractivity contribution in [2.75, 3.05) is 0 Å². The molecule has 0 aliphatic heterocycles. The Morgan fingerprint density at radius 2 is 1.71 bits per heavy atom. The number of H-pyrrole nitrogens is 1. The molecule has 2 atom stereocenters. The molecule has 3 rings (SSSR count). The van der Waals surface area contributed by atoms with Gasteiger partial charge >= 0.3 is 0 Å². The van der Waals surface area contributed by atoms with Crippen LogP contribution in [-0.4, -0.2) is 9.97 Å². The summed E-state index contributed by atoms with van der Waals surface area (Å²) in [4.78, 5) is 8.04. The first kappa shape index (κ1) is 14.5. The van der Waals surface area contributed by atoms with Crippen molar-refractivity contribution in [2.45, 2.75) is 25.9 Å². The van der Waals surface area contributed by atoms with Crippen LogP contribution in [0, 0.1) is 3.57 Å². The Morgan fingerprint density at radius 1 is 1.00 bits per heavy atom. The van der Waals surface area contributed by atoms with Gasteiger partial charge in [0, 0.05) is 9.61 Å². The van der Waals surface area contributed by atoms with Gasteiger partial charge in [-0.1, -0.05) is 24.3 Å². The Bertz CT molecular complexity index is 700. The lowest BCUT2D eigenvalue weighted by atomic mass is 10.1. The summed E-state index contributed by atoms with van der Waals surface area (Å²) in [6, 6.07) is 17.2. The smallest absolute Gasteiger partial charge is 0.124 e. The zero-order valence-electron chi connectivity index (χ0n) is 12.1. The van der Waals surface area contributed by atoms with E-state index in [0.717, 1.165) is 16.9 Å². The number of aromatic amines is 1. The Hall–Kier alpha value is -1.40. The number of hydrogen-bond acceptors (Lipinski definition) is 2. The van der Waals surface area contributed by atoms with Crippen molar-refractivity contribution in [3.63, 3.8) is 0 Å². The van der Waals surface area contributed by atoms with Gasteiger partial charge in [0.2, 0.25) is 0 Å². The minimum atomic E-state index is 0.173. The molecule has 0 spiro atoms. The van der Waals surface area contributed by atoms with E-state index in [-0.39, 0.29) is 12.1 Å². The number of fused-ring (bicyclic) bond motifs is 1. The number of imidazole rings is 1. The second-order valence-corrected chi connectivity index (χ2v) is 6.55. The fourth-order valence-corrected chi connectivity index (χ4v) is 2.84. The van der Waals surface area contributed by atoms with Gasteiger partial charge < -0.3 is 10.3 Å². The molecule has 1 heterocycles. The first-order valence-corrected chi connectivity index (χ1v) is 8.17. The van der Waals surface area contributed by atoms with Crippen LogP contribution in [0.5, 0.6) is 0 Å². The summed E-state index contributed by atoms with van der Waals surface area (Å²) in [6.07, 6.45) is 0. The third-order valence-corrected chi connectivity index (χ3v) is 4.41. The molecule has 108 valence electrons. The van der Waals surface area contributed by atoms with Gasteiger partial charge in [-0.25, -0.2) is 4.98 Å². The number of nitrogens with one attached hydrogen (secondary N) is 2. The highest BCUT2D eigenvalue weighted by molar-refractivity contribution is 14.1. The van der Waals surface area contributed by atoms with Gasteiger partial charge in [-0.15, -0.1) is 0 Å². The summed E-state index contributed by atoms with van der Waals surface area (Å²) in [6.45, 7) is 4.32. The molecule has 0 aliphatic rings. The van der Waals surface area contributed by atoms with Crippen LogP contribution in [0.4, 0.5) is 0 Å². The highest BCUT2D eigenvalue weighted by Crippen LogP contribution is 2.20. The van der Waals surface area contributed by atoms with Crippen molar-refractivity contribution >= 4 is 33.6 Å². The highest BCUT2D eigenvalue weighted by atomic mass is 127. The summed E-state index contributed by atoms with van der Waals surface area (Å²) in [5, 5.41) is 3.60. The van der Waals surface area contributed by atoms with E-state index in [2.05, 4.69) is 82.1 Å². The van der Waals surface area contributed by atoms with E-state index in [9.17, 15) is 0 Å². The van der Waals surface area contributed by atoms with Crippen molar-refractivity contribution < 1.29 is 0 Å². The van der Waals surface area contributed by atoms with E-state index in [0.29, 0.717) is 0 Å². The van der Waals surface area contributed by atoms with Gasteiger partial charge in [-0.2, -0.15) is 0 Å². The number of halogens is 1. The molecule has 2 unspecified atom stereocenters. The average Bonchev–Trinajstić information content (AvgIpc) is 2.92. The summed E-state index contributed by atoms with van der Waals surface area (Å²) < 4.78 is 1.26. The zero-order chi connectivity index (χ0) is 14.8. The Balaban J connectivity index is 1.75. The molecule has 0 saturated heterocycles. The van der Waals surface area contributed by atoms with Crippen LogP contribution in [0.2, 0.25) is 0 Å². The van der Waals surface area contributed by atoms with Crippen molar-refractivity contribution in [1.82, 2.24) is 15.3 Å².